The SMILES string of the molecule is CC1=[C]N(C)N(C)N1C. The molecule has 0 aliphatic carbocycles. The molecule has 0 N–H and O–H groups in total. The molecule has 0 bridgehead atoms. The number of rotatable bonds is 0. The van der Waals surface area contributed by atoms with Gasteiger partial charge in [0.15, 0.2) is 0 Å². The third kappa shape index (κ3) is 0.876. The summed E-state index contributed by atoms with van der Waals surface area (Å²) in [5, 5.41) is 5.92. The maximum Gasteiger partial charge on any atom is 0.101 e. The van der Waals surface area contributed by atoms with Gasteiger partial charge in [-0.2, -0.15) is 0 Å². The molecule has 0 fully saturated rings. The van der Waals surface area contributed by atoms with Crippen molar-refractivity contribution in [3.8, 4) is 0 Å². The minimum atomic E-state index is 1.14. The molecule has 51 valence electrons. The highest BCUT2D eigenvalue weighted by molar-refractivity contribution is 4.91. The number of allylic oxidation sites excluding steroid dienone is 1. The molecular formula is C6H12N3. The molecule has 0 aromatic carbocycles. The van der Waals surface area contributed by atoms with Crippen LogP contribution in [-0.2, 0) is 0 Å². The maximum atomic E-state index is 3.12. The van der Waals surface area contributed by atoms with Crippen LogP contribution < -0.4 is 0 Å². The van der Waals surface area contributed by atoms with Crippen molar-refractivity contribution in [2.45, 2.75) is 6.92 Å². The molecule has 1 aliphatic heterocycles. The van der Waals surface area contributed by atoms with Gasteiger partial charge in [-0.3, -0.25) is 10.0 Å². The van der Waals surface area contributed by atoms with Crippen LogP contribution in [0.15, 0.2) is 5.70 Å². The summed E-state index contributed by atoms with van der Waals surface area (Å²) < 4.78 is 0. The van der Waals surface area contributed by atoms with Crippen LogP contribution in [0.2, 0.25) is 0 Å². The molecule has 1 aliphatic rings. The monoisotopic (exact) mass is 126 g/mol. The molecule has 0 saturated carbocycles. The van der Waals surface area contributed by atoms with E-state index in [0.29, 0.717) is 0 Å². The number of nitrogens with zero attached hydrogens (tertiary/aromatic N) is 3. The van der Waals surface area contributed by atoms with Crippen LogP contribution >= 0.6 is 0 Å². The van der Waals surface area contributed by atoms with Crippen LogP contribution in [-0.4, -0.2) is 36.3 Å². The fraction of sp³-hybridized carbons (Fsp3) is 0.667. The smallest absolute Gasteiger partial charge is 0.101 e. The summed E-state index contributed by atoms with van der Waals surface area (Å²) >= 11 is 0. The lowest BCUT2D eigenvalue weighted by atomic mass is 10.5. The Balaban J connectivity index is 2.70. The van der Waals surface area contributed by atoms with E-state index in [0.717, 1.165) is 5.70 Å². The highest BCUT2D eigenvalue weighted by Crippen LogP contribution is 2.12. The highest BCUT2D eigenvalue weighted by atomic mass is 15.9. The molecule has 0 saturated heterocycles. The summed E-state index contributed by atoms with van der Waals surface area (Å²) in [4.78, 5) is 0. The fourth-order valence-electron chi connectivity index (χ4n) is 0.797. The number of hydrazine groups is 2. The summed E-state index contributed by atoms with van der Waals surface area (Å²) in [5.41, 5.74) is 1.14. The van der Waals surface area contributed by atoms with Gasteiger partial charge in [0.25, 0.3) is 0 Å². The molecule has 0 atom stereocenters. The number of hydrogen-bond donors (Lipinski definition) is 0. The third-order valence-corrected chi connectivity index (χ3v) is 1.68. The van der Waals surface area contributed by atoms with E-state index >= 15 is 0 Å². The van der Waals surface area contributed by atoms with Gasteiger partial charge in [-0.05, 0) is 6.92 Å². The van der Waals surface area contributed by atoms with Gasteiger partial charge in [-0.15, -0.1) is 5.12 Å². The first-order valence-electron chi connectivity index (χ1n) is 2.94. The highest BCUT2D eigenvalue weighted by Gasteiger charge is 2.17. The zero-order valence-corrected chi connectivity index (χ0v) is 6.34. The summed E-state index contributed by atoms with van der Waals surface area (Å²) in [6, 6.07) is 0. The normalized spacial score (nSPS) is 21.1. The van der Waals surface area contributed by atoms with E-state index in [-0.39, 0.29) is 0 Å². The Bertz CT molecular complexity index is 141. The van der Waals surface area contributed by atoms with E-state index in [2.05, 4.69) is 6.20 Å². The van der Waals surface area contributed by atoms with Gasteiger partial charge in [0.2, 0.25) is 0 Å². The van der Waals surface area contributed by atoms with E-state index in [1.54, 1.807) is 0 Å². The van der Waals surface area contributed by atoms with Crippen LogP contribution in [0.3, 0.4) is 0 Å². The molecule has 3 nitrogen and oxygen atoms in total. The second-order valence-electron chi connectivity index (χ2n) is 2.23. The lowest BCUT2D eigenvalue weighted by Gasteiger charge is -2.27. The summed E-state index contributed by atoms with van der Waals surface area (Å²) in [6.07, 6.45) is 3.12. The van der Waals surface area contributed by atoms with Crippen molar-refractivity contribution in [2.75, 3.05) is 21.1 Å². The second kappa shape index (κ2) is 1.92. The Kier molecular flexibility index (Phi) is 1.37. The molecule has 0 aromatic heterocycles. The van der Waals surface area contributed by atoms with Gasteiger partial charge in [0, 0.05) is 21.1 Å². The molecule has 9 heavy (non-hydrogen) atoms. The zero-order valence-electron chi connectivity index (χ0n) is 6.34. The lowest BCUT2D eigenvalue weighted by molar-refractivity contribution is -0.0615. The molecule has 0 unspecified atom stereocenters. The first kappa shape index (κ1) is 6.42. The van der Waals surface area contributed by atoms with Crippen molar-refractivity contribution < 1.29 is 0 Å². The minimum absolute atomic E-state index is 1.14. The summed E-state index contributed by atoms with van der Waals surface area (Å²) in [7, 11) is 5.96. The topological polar surface area (TPSA) is 9.72 Å². The molecule has 1 heterocycles. The Labute approximate surface area is 56.1 Å². The van der Waals surface area contributed by atoms with Crippen LogP contribution in [0.4, 0.5) is 0 Å². The molecule has 0 spiro atoms. The Morgan fingerprint density at radius 3 is 1.89 bits per heavy atom. The van der Waals surface area contributed by atoms with Crippen molar-refractivity contribution in [3.63, 3.8) is 0 Å². The van der Waals surface area contributed by atoms with Crippen molar-refractivity contribution in [3.05, 3.63) is 11.9 Å². The van der Waals surface area contributed by atoms with Crippen molar-refractivity contribution >= 4 is 0 Å². The lowest BCUT2D eigenvalue weighted by Crippen LogP contribution is -2.37. The van der Waals surface area contributed by atoms with Crippen LogP contribution in [0.1, 0.15) is 6.92 Å². The first-order valence-corrected chi connectivity index (χ1v) is 2.94. The predicted molar refractivity (Wildman–Crippen MR) is 35.7 cm³/mol. The van der Waals surface area contributed by atoms with Gasteiger partial charge < -0.3 is 0 Å². The van der Waals surface area contributed by atoms with Gasteiger partial charge in [0.05, 0.1) is 5.70 Å². The van der Waals surface area contributed by atoms with Crippen LogP contribution in [0, 0.1) is 6.20 Å². The van der Waals surface area contributed by atoms with Gasteiger partial charge in [-0.1, -0.05) is 0 Å². The van der Waals surface area contributed by atoms with E-state index in [9.17, 15) is 0 Å². The maximum absolute atomic E-state index is 3.12. The molecule has 0 amide bonds. The molecule has 0 aromatic rings. The molecule has 3 heteroatoms. The van der Waals surface area contributed by atoms with Crippen LogP contribution in [0.25, 0.3) is 0 Å². The Morgan fingerprint density at radius 1 is 1.22 bits per heavy atom. The largest absolute Gasteiger partial charge is 0.294 e. The quantitative estimate of drug-likeness (QED) is 0.462. The second-order valence-corrected chi connectivity index (χ2v) is 2.23. The summed E-state index contributed by atoms with van der Waals surface area (Å²) in [6.45, 7) is 2.03. The van der Waals surface area contributed by atoms with Crippen molar-refractivity contribution in [1.29, 1.82) is 0 Å². The van der Waals surface area contributed by atoms with Gasteiger partial charge in [-0.25, -0.2) is 0 Å². The minimum Gasteiger partial charge on any atom is -0.294 e. The van der Waals surface area contributed by atoms with E-state index in [1.165, 1.54) is 0 Å². The van der Waals surface area contributed by atoms with Gasteiger partial charge in [0.1, 0.15) is 6.20 Å². The third-order valence-electron chi connectivity index (χ3n) is 1.68. The van der Waals surface area contributed by atoms with E-state index < -0.39 is 0 Å². The van der Waals surface area contributed by atoms with Crippen molar-refractivity contribution in [1.82, 2.24) is 15.1 Å². The average molecular weight is 126 g/mol. The van der Waals surface area contributed by atoms with Gasteiger partial charge >= 0.3 is 0 Å². The fourth-order valence-corrected chi connectivity index (χ4v) is 0.797. The van der Waals surface area contributed by atoms with E-state index in [4.69, 9.17) is 0 Å². The predicted octanol–water partition coefficient (Wildman–Crippen LogP) is 0.290. The molecule has 1 rings (SSSR count). The van der Waals surface area contributed by atoms with Crippen molar-refractivity contribution in [2.24, 2.45) is 0 Å². The van der Waals surface area contributed by atoms with E-state index in [1.807, 2.05) is 43.2 Å². The standard InChI is InChI=1S/C6H12N3/c1-6-5-7(2)9(4)8(6)3/h1-4H3. The number of hydrogen-bond acceptors (Lipinski definition) is 3. The molecular weight excluding hydrogens is 114 g/mol. The average Bonchev–Trinajstić information content (AvgIpc) is 1.98. The van der Waals surface area contributed by atoms with Crippen LogP contribution in [0.5, 0.6) is 0 Å². The molecule has 1 radical (unpaired) electrons. The first-order chi connectivity index (χ1) is 4.13. The Hall–Kier alpha value is -0.700. The summed E-state index contributed by atoms with van der Waals surface area (Å²) in [5.74, 6) is 0. The Morgan fingerprint density at radius 2 is 1.78 bits per heavy atom. The zero-order chi connectivity index (χ0) is 7.02.